The molecule has 1 aromatic heterocycles. The molecule has 220 valence electrons. The highest BCUT2D eigenvalue weighted by Gasteiger charge is 2.40. The lowest BCUT2D eigenvalue weighted by molar-refractivity contribution is 0.170. The van der Waals surface area contributed by atoms with Crippen LogP contribution < -0.4 is 4.90 Å². The quantitative estimate of drug-likeness (QED) is 0.301. The number of nitrogens with zero attached hydrogens (tertiary/aromatic N) is 6. The molecule has 0 bridgehead atoms. The monoisotopic (exact) mass is 592 g/mol. The van der Waals surface area contributed by atoms with E-state index in [1.165, 1.54) is 5.56 Å². The summed E-state index contributed by atoms with van der Waals surface area (Å²) in [5, 5.41) is 9.70. The molecular formula is C34H36N6O2S. The molecule has 1 saturated heterocycles. The first-order valence-electron chi connectivity index (χ1n) is 14.7. The first kappa shape index (κ1) is 29.0. The highest BCUT2D eigenvalue weighted by atomic mass is 32.2. The van der Waals surface area contributed by atoms with Crippen molar-refractivity contribution in [2.24, 2.45) is 0 Å². The van der Waals surface area contributed by atoms with Crippen LogP contribution >= 0.6 is 0 Å². The van der Waals surface area contributed by atoms with Crippen molar-refractivity contribution in [1.29, 1.82) is 5.26 Å². The Bertz CT molecular complexity index is 1650. The maximum atomic E-state index is 14.5. The number of rotatable bonds is 8. The van der Waals surface area contributed by atoms with Gasteiger partial charge in [0.2, 0.25) is 0 Å². The molecule has 0 unspecified atom stereocenters. The van der Waals surface area contributed by atoms with E-state index in [9.17, 15) is 13.7 Å². The number of fused-ring (bicyclic) bond motifs is 1. The van der Waals surface area contributed by atoms with E-state index in [1.807, 2.05) is 72.9 Å². The molecule has 0 amide bonds. The van der Waals surface area contributed by atoms with Gasteiger partial charge in [-0.15, -0.1) is 0 Å². The molecule has 0 saturated carbocycles. The average molecular weight is 593 g/mol. The summed E-state index contributed by atoms with van der Waals surface area (Å²) >= 11 is 0. The van der Waals surface area contributed by atoms with Crippen molar-refractivity contribution in [3.63, 3.8) is 0 Å². The Labute approximate surface area is 254 Å². The smallest absolute Gasteiger partial charge is 0.282 e. The molecule has 1 fully saturated rings. The van der Waals surface area contributed by atoms with Gasteiger partial charge in [-0.1, -0.05) is 66.7 Å². The number of piperazine rings is 1. The van der Waals surface area contributed by atoms with Gasteiger partial charge in [-0.25, -0.2) is 0 Å². The molecule has 3 aromatic carbocycles. The number of pyridine rings is 1. The van der Waals surface area contributed by atoms with Gasteiger partial charge in [-0.3, -0.25) is 9.88 Å². The Morgan fingerprint density at radius 1 is 0.814 bits per heavy atom. The van der Waals surface area contributed by atoms with Gasteiger partial charge in [-0.05, 0) is 52.9 Å². The zero-order chi connectivity index (χ0) is 29.6. The minimum absolute atomic E-state index is 0.207. The van der Waals surface area contributed by atoms with Gasteiger partial charge in [0.05, 0.1) is 11.6 Å². The van der Waals surface area contributed by atoms with E-state index in [2.05, 4.69) is 45.1 Å². The molecular weight excluding hydrogens is 556 g/mol. The van der Waals surface area contributed by atoms with Crippen molar-refractivity contribution < 1.29 is 8.42 Å². The van der Waals surface area contributed by atoms with Crippen molar-refractivity contribution in [2.45, 2.75) is 32.1 Å². The zero-order valence-corrected chi connectivity index (χ0v) is 25.0. The maximum absolute atomic E-state index is 14.5. The third kappa shape index (κ3) is 6.79. The van der Waals surface area contributed by atoms with E-state index in [4.69, 9.17) is 0 Å². The van der Waals surface area contributed by atoms with Gasteiger partial charge in [0.25, 0.3) is 10.2 Å². The second kappa shape index (κ2) is 13.1. The van der Waals surface area contributed by atoms with Crippen LogP contribution in [0.4, 0.5) is 5.69 Å². The van der Waals surface area contributed by atoms with Gasteiger partial charge < -0.3 is 4.90 Å². The second-order valence-electron chi connectivity index (χ2n) is 11.3. The van der Waals surface area contributed by atoms with Crippen molar-refractivity contribution in [3.8, 4) is 6.07 Å². The summed E-state index contributed by atoms with van der Waals surface area (Å²) in [6.07, 6.45) is 4.19. The van der Waals surface area contributed by atoms with Gasteiger partial charge >= 0.3 is 0 Å². The lowest BCUT2D eigenvalue weighted by Gasteiger charge is -2.39. The fourth-order valence-electron chi connectivity index (χ4n) is 6.12. The van der Waals surface area contributed by atoms with Crippen LogP contribution in [0.15, 0.2) is 103 Å². The van der Waals surface area contributed by atoms with Crippen LogP contribution in [0.2, 0.25) is 0 Å². The lowest BCUT2D eigenvalue weighted by Crippen LogP contribution is -2.56. The molecule has 0 aliphatic carbocycles. The molecule has 0 radical (unpaired) electrons. The summed E-state index contributed by atoms with van der Waals surface area (Å²) in [7, 11) is -3.81. The Kier molecular flexibility index (Phi) is 8.82. The first-order chi connectivity index (χ1) is 21.0. The summed E-state index contributed by atoms with van der Waals surface area (Å²) in [6, 6.07) is 31.9. The van der Waals surface area contributed by atoms with Crippen LogP contribution in [0.3, 0.4) is 0 Å². The SMILES string of the molecule is N#Cc1ccc2c(c1)CN(S(=O)(=O)N1CCN(Cc3ccccc3)CC1)[C@H](Cc1ccccc1)CN2Cc1cccnc1. The van der Waals surface area contributed by atoms with E-state index in [1.54, 1.807) is 14.8 Å². The molecule has 4 aromatic rings. The second-order valence-corrected chi connectivity index (χ2v) is 13.1. The summed E-state index contributed by atoms with van der Waals surface area (Å²) in [5.74, 6) is 0. The molecule has 6 rings (SSSR count). The number of hydrogen-bond donors (Lipinski definition) is 0. The van der Waals surface area contributed by atoms with Crippen LogP contribution in [0.1, 0.15) is 27.8 Å². The number of nitriles is 1. The molecule has 8 nitrogen and oxygen atoms in total. The van der Waals surface area contributed by atoms with Gasteiger partial charge in [0, 0.05) is 76.5 Å². The molecule has 0 N–H and O–H groups in total. The summed E-state index contributed by atoms with van der Waals surface area (Å²) in [4.78, 5) is 8.86. The molecule has 1 atom stereocenters. The fraction of sp³-hybridized carbons (Fsp3) is 0.294. The van der Waals surface area contributed by atoms with Crippen molar-refractivity contribution in [2.75, 3.05) is 37.6 Å². The summed E-state index contributed by atoms with van der Waals surface area (Å²) in [5.41, 5.74) is 5.67. The van der Waals surface area contributed by atoms with Gasteiger partial charge in [-0.2, -0.15) is 22.3 Å². The van der Waals surface area contributed by atoms with E-state index in [0.717, 1.165) is 28.9 Å². The number of benzene rings is 3. The summed E-state index contributed by atoms with van der Waals surface area (Å²) < 4.78 is 32.4. The molecule has 3 heterocycles. The lowest BCUT2D eigenvalue weighted by atomic mass is 10.1. The van der Waals surface area contributed by atoms with E-state index in [-0.39, 0.29) is 12.6 Å². The largest absolute Gasteiger partial charge is 0.365 e. The first-order valence-corrected chi connectivity index (χ1v) is 16.1. The molecule has 43 heavy (non-hydrogen) atoms. The van der Waals surface area contributed by atoms with Crippen LogP contribution in [-0.4, -0.2) is 65.7 Å². The van der Waals surface area contributed by atoms with Crippen molar-refractivity contribution >= 4 is 15.9 Å². The minimum Gasteiger partial charge on any atom is -0.365 e. The third-order valence-electron chi connectivity index (χ3n) is 8.33. The third-order valence-corrected chi connectivity index (χ3v) is 10.4. The predicted molar refractivity (Wildman–Crippen MR) is 168 cm³/mol. The number of anilines is 1. The normalized spacial score (nSPS) is 18.5. The van der Waals surface area contributed by atoms with Crippen molar-refractivity contribution in [1.82, 2.24) is 18.5 Å². The number of hydrogen-bond acceptors (Lipinski definition) is 6. The Balaban J connectivity index is 1.31. The fourth-order valence-corrected chi connectivity index (χ4v) is 7.87. The molecule has 2 aliphatic rings. The minimum atomic E-state index is -3.81. The highest BCUT2D eigenvalue weighted by molar-refractivity contribution is 7.86. The van der Waals surface area contributed by atoms with Crippen molar-refractivity contribution in [3.05, 3.63) is 131 Å². The van der Waals surface area contributed by atoms with Crippen LogP contribution in [0, 0.1) is 11.3 Å². The Morgan fingerprint density at radius 3 is 2.19 bits per heavy atom. The Morgan fingerprint density at radius 2 is 1.51 bits per heavy atom. The molecule has 0 spiro atoms. The standard InChI is InChI=1S/C34H36N6O2S/c35-22-30-13-14-34-32(20-30)26-40(43(41,42)39-18-16-37(17-19-39)24-29-10-5-2-6-11-29)33(21-28-8-3-1-4-9-28)27-38(34)25-31-12-7-15-36-23-31/h1-15,20,23,33H,16-19,21,24-27H2/t33-/m1/s1. The maximum Gasteiger partial charge on any atom is 0.282 e. The van der Waals surface area contributed by atoms with Crippen LogP contribution in [0.25, 0.3) is 0 Å². The van der Waals surface area contributed by atoms with Gasteiger partial charge in [0.15, 0.2) is 0 Å². The predicted octanol–water partition coefficient (Wildman–Crippen LogP) is 4.45. The van der Waals surface area contributed by atoms with E-state index < -0.39 is 10.2 Å². The van der Waals surface area contributed by atoms with E-state index in [0.29, 0.717) is 51.3 Å². The highest BCUT2D eigenvalue weighted by Crippen LogP contribution is 2.33. The zero-order valence-electron chi connectivity index (χ0n) is 24.2. The average Bonchev–Trinajstić information content (AvgIpc) is 3.19. The molecule has 9 heteroatoms. The summed E-state index contributed by atoms with van der Waals surface area (Å²) in [6.45, 7) is 4.34. The van der Waals surface area contributed by atoms with E-state index >= 15 is 0 Å². The molecule has 2 aliphatic heterocycles. The Hall–Kier alpha value is -4.07. The topological polar surface area (TPSA) is 83.8 Å². The van der Waals surface area contributed by atoms with Crippen LogP contribution in [0.5, 0.6) is 0 Å². The van der Waals surface area contributed by atoms with Gasteiger partial charge in [0.1, 0.15) is 0 Å². The van der Waals surface area contributed by atoms with Crippen LogP contribution in [-0.2, 0) is 36.3 Å². The number of aromatic nitrogens is 1.